The summed E-state index contributed by atoms with van der Waals surface area (Å²) in [5, 5.41) is 0. The van der Waals surface area contributed by atoms with Gasteiger partial charge in [0.05, 0.1) is 0 Å². The van der Waals surface area contributed by atoms with E-state index >= 15 is 0 Å². The minimum absolute atomic E-state index is 0.183. The molecule has 5 nitrogen and oxygen atoms in total. The second-order valence-corrected chi connectivity index (χ2v) is 6.23. The molecule has 0 aromatic heterocycles. The van der Waals surface area contributed by atoms with Crippen molar-refractivity contribution in [1.29, 1.82) is 0 Å². The average molecular weight is 252 g/mol. The summed E-state index contributed by atoms with van der Waals surface area (Å²) < 4.78 is 27.1. The van der Waals surface area contributed by atoms with Crippen molar-refractivity contribution in [3.05, 3.63) is 0 Å². The number of hydrazine groups is 1. The van der Waals surface area contributed by atoms with Gasteiger partial charge in [-0.2, -0.15) is 0 Å². The van der Waals surface area contributed by atoms with Crippen molar-refractivity contribution in [2.75, 3.05) is 25.2 Å². The normalized spacial score (nSPS) is 13.9. The first kappa shape index (κ1) is 15.8. The molecule has 0 radical (unpaired) electrons. The summed E-state index contributed by atoms with van der Waals surface area (Å²) >= 11 is 0. The van der Waals surface area contributed by atoms with Crippen molar-refractivity contribution >= 4 is 9.84 Å². The summed E-state index contributed by atoms with van der Waals surface area (Å²) in [5.41, 5.74) is 2.71. The molecule has 0 saturated carbocycles. The van der Waals surface area contributed by atoms with Crippen molar-refractivity contribution in [2.24, 2.45) is 5.84 Å². The number of hydrogen-bond donors (Lipinski definition) is 2. The van der Waals surface area contributed by atoms with E-state index in [1.54, 1.807) is 0 Å². The van der Waals surface area contributed by atoms with Crippen molar-refractivity contribution < 1.29 is 13.2 Å². The number of hydrogen-bond acceptors (Lipinski definition) is 5. The van der Waals surface area contributed by atoms with Crippen LogP contribution in [0.2, 0.25) is 0 Å². The molecule has 16 heavy (non-hydrogen) atoms. The molecule has 0 bridgehead atoms. The monoisotopic (exact) mass is 252 g/mol. The zero-order valence-corrected chi connectivity index (χ0v) is 11.1. The summed E-state index contributed by atoms with van der Waals surface area (Å²) in [6.07, 6.45) is 4.56. The molecular weight excluding hydrogens is 228 g/mol. The van der Waals surface area contributed by atoms with Crippen molar-refractivity contribution in [1.82, 2.24) is 5.43 Å². The van der Waals surface area contributed by atoms with Gasteiger partial charge in [-0.05, 0) is 32.6 Å². The zero-order valence-electron chi connectivity index (χ0n) is 10.2. The van der Waals surface area contributed by atoms with E-state index in [1.165, 1.54) is 6.26 Å². The highest BCUT2D eigenvalue weighted by atomic mass is 32.2. The van der Waals surface area contributed by atoms with E-state index in [0.29, 0.717) is 6.42 Å². The van der Waals surface area contributed by atoms with Gasteiger partial charge in [-0.3, -0.25) is 11.3 Å². The van der Waals surface area contributed by atoms with Crippen LogP contribution in [0.3, 0.4) is 0 Å². The van der Waals surface area contributed by atoms with Crippen LogP contribution in [0.5, 0.6) is 0 Å². The predicted octanol–water partition coefficient (Wildman–Crippen LogP) is 0.460. The number of rotatable bonds is 10. The molecule has 0 heterocycles. The van der Waals surface area contributed by atoms with Crippen LogP contribution in [0.25, 0.3) is 0 Å². The highest BCUT2D eigenvalue weighted by molar-refractivity contribution is 7.90. The second-order valence-electron chi connectivity index (χ2n) is 3.97. The van der Waals surface area contributed by atoms with E-state index in [2.05, 4.69) is 5.43 Å². The Labute approximate surface area is 98.6 Å². The molecule has 0 fully saturated rings. The van der Waals surface area contributed by atoms with Crippen molar-refractivity contribution in [3.63, 3.8) is 0 Å². The van der Waals surface area contributed by atoms with Gasteiger partial charge in [-0.1, -0.05) is 0 Å². The Morgan fingerprint density at radius 2 is 1.94 bits per heavy atom. The van der Waals surface area contributed by atoms with Crippen LogP contribution in [0, 0.1) is 0 Å². The number of sulfone groups is 1. The van der Waals surface area contributed by atoms with Crippen LogP contribution in [-0.2, 0) is 14.6 Å². The third kappa shape index (κ3) is 10.4. The van der Waals surface area contributed by atoms with E-state index in [9.17, 15) is 8.42 Å². The topological polar surface area (TPSA) is 81.4 Å². The molecule has 1 atom stereocenters. The van der Waals surface area contributed by atoms with Crippen molar-refractivity contribution in [3.8, 4) is 0 Å². The lowest BCUT2D eigenvalue weighted by Gasteiger charge is -2.15. The van der Waals surface area contributed by atoms with Gasteiger partial charge in [0.1, 0.15) is 9.84 Å². The highest BCUT2D eigenvalue weighted by Crippen LogP contribution is 2.05. The lowest BCUT2D eigenvalue weighted by atomic mass is 10.1. The largest absolute Gasteiger partial charge is 0.382 e. The predicted molar refractivity (Wildman–Crippen MR) is 65.8 cm³/mol. The number of ether oxygens (including phenoxy) is 1. The molecule has 0 amide bonds. The maximum Gasteiger partial charge on any atom is 0.147 e. The summed E-state index contributed by atoms with van der Waals surface area (Å²) in [6.45, 7) is 3.43. The van der Waals surface area contributed by atoms with E-state index in [1.807, 2.05) is 6.92 Å². The van der Waals surface area contributed by atoms with Crippen LogP contribution < -0.4 is 11.3 Å². The molecule has 6 heteroatoms. The maximum absolute atomic E-state index is 10.9. The molecule has 0 aromatic rings. The van der Waals surface area contributed by atoms with Gasteiger partial charge in [0.15, 0.2) is 0 Å². The fourth-order valence-electron chi connectivity index (χ4n) is 1.48. The van der Waals surface area contributed by atoms with Crippen LogP contribution in [0.4, 0.5) is 0 Å². The van der Waals surface area contributed by atoms with Gasteiger partial charge < -0.3 is 4.74 Å². The molecular formula is C10H24N2O3S. The third-order valence-corrected chi connectivity index (χ3v) is 3.38. The Hall–Kier alpha value is -0.170. The Morgan fingerprint density at radius 1 is 1.31 bits per heavy atom. The molecule has 3 N–H and O–H groups in total. The molecule has 98 valence electrons. The molecule has 0 aliphatic rings. The molecule has 0 aliphatic carbocycles. The minimum atomic E-state index is -2.85. The standard InChI is InChI=1S/C10H24N2O3S/c1-3-15-8-4-6-10(12-11)7-5-9-16(2,13)14/h10,12H,3-9,11H2,1-2H3. The van der Waals surface area contributed by atoms with Gasteiger partial charge in [-0.25, -0.2) is 8.42 Å². The minimum Gasteiger partial charge on any atom is -0.382 e. The summed E-state index contributed by atoms with van der Waals surface area (Å²) in [7, 11) is -2.85. The third-order valence-electron chi connectivity index (χ3n) is 2.35. The van der Waals surface area contributed by atoms with E-state index in [4.69, 9.17) is 10.6 Å². The van der Waals surface area contributed by atoms with Crippen molar-refractivity contribution in [2.45, 2.75) is 38.6 Å². The van der Waals surface area contributed by atoms with E-state index in [-0.39, 0.29) is 11.8 Å². The Kier molecular flexibility index (Phi) is 8.83. The second kappa shape index (κ2) is 8.92. The fourth-order valence-corrected chi connectivity index (χ4v) is 2.17. The first-order valence-electron chi connectivity index (χ1n) is 5.71. The zero-order chi connectivity index (χ0) is 12.4. The Morgan fingerprint density at radius 3 is 2.44 bits per heavy atom. The Bertz CT molecular complexity index is 255. The Balaban J connectivity index is 3.59. The summed E-state index contributed by atoms with van der Waals surface area (Å²) in [6, 6.07) is 0.183. The van der Waals surface area contributed by atoms with Gasteiger partial charge in [0.25, 0.3) is 0 Å². The lowest BCUT2D eigenvalue weighted by molar-refractivity contribution is 0.140. The summed E-state index contributed by atoms with van der Waals surface area (Å²) in [5.74, 6) is 5.63. The molecule has 0 aromatic carbocycles. The van der Waals surface area contributed by atoms with Gasteiger partial charge in [0, 0.05) is 31.3 Å². The smallest absolute Gasteiger partial charge is 0.147 e. The van der Waals surface area contributed by atoms with Gasteiger partial charge in [0.2, 0.25) is 0 Å². The molecule has 0 aliphatic heterocycles. The molecule has 0 spiro atoms. The van der Waals surface area contributed by atoms with E-state index in [0.717, 1.165) is 32.5 Å². The maximum atomic E-state index is 10.9. The first-order valence-corrected chi connectivity index (χ1v) is 7.77. The van der Waals surface area contributed by atoms with Gasteiger partial charge >= 0.3 is 0 Å². The SMILES string of the molecule is CCOCCCC(CCCS(C)(=O)=O)NN. The highest BCUT2D eigenvalue weighted by Gasteiger charge is 2.08. The number of nitrogens with one attached hydrogen (secondary N) is 1. The average Bonchev–Trinajstić information content (AvgIpc) is 2.20. The van der Waals surface area contributed by atoms with E-state index < -0.39 is 9.84 Å². The molecule has 1 unspecified atom stereocenters. The first-order chi connectivity index (χ1) is 7.49. The van der Waals surface area contributed by atoms with Crippen LogP contribution in [0.15, 0.2) is 0 Å². The lowest BCUT2D eigenvalue weighted by Crippen LogP contribution is -2.35. The van der Waals surface area contributed by atoms with Gasteiger partial charge in [-0.15, -0.1) is 0 Å². The molecule has 0 saturated heterocycles. The molecule has 0 rings (SSSR count). The van der Waals surface area contributed by atoms with Crippen LogP contribution in [-0.4, -0.2) is 39.7 Å². The fraction of sp³-hybridized carbons (Fsp3) is 1.00. The number of nitrogens with two attached hydrogens (primary N) is 1. The quantitative estimate of drug-likeness (QED) is 0.335. The van der Waals surface area contributed by atoms with Crippen LogP contribution in [0.1, 0.15) is 32.6 Å². The summed E-state index contributed by atoms with van der Waals surface area (Å²) in [4.78, 5) is 0. The van der Waals surface area contributed by atoms with Crippen LogP contribution >= 0.6 is 0 Å².